The van der Waals surface area contributed by atoms with E-state index in [1.54, 1.807) is 18.3 Å². The van der Waals surface area contributed by atoms with Crippen LogP contribution in [-0.2, 0) is 33.6 Å². The molecule has 4 bridgehead atoms. The van der Waals surface area contributed by atoms with Gasteiger partial charge in [0.1, 0.15) is 59.1 Å². The summed E-state index contributed by atoms with van der Waals surface area (Å²) in [5.74, 6) is 1.26. The predicted molar refractivity (Wildman–Crippen MR) is 296 cm³/mol. The molecule has 10 rings (SSSR count). The molecule has 3 aromatic heterocycles. The van der Waals surface area contributed by atoms with Crippen LogP contribution >= 0.6 is 22.9 Å². The molecule has 7 aromatic rings. The summed E-state index contributed by atoms with van der Waals surface area (Å²) in [5, 5.41) is 1.10. The van der Waals surface area contributed by atoms with Gasteiger partial charge in [0, 0.05) is 66.9 Å². The summed E-state index contributed by atoms with van der Waals surface area (Å²) in [6.45, 7) is 23.6. The summed E-state index contributed by atoms with van der Waals surface area (Å²) in [7, 11) is 0.211. The lowest BCUT2D eigenvalue weighted by molar-refractivity contribution is -0.163. The summed E-state index contributed by atoms with van der Waals surface area (Å²) >= 11 is 8.74. The third-order valence-electron chi connectivity index (χ3n) is 14.0. The van der Waals surface area contributed by atoms with Gasteiger partial charge in [-0.15, -0.1) is 11.3 Å². The molecule has 3 aliphatic heterocycles. The first-order valence-electron chi connectivity index (χ1n) is 25.4. The molecule has 6 heterocycles. The smallest absolute Gasteiger partial charge is 0.348 e. The maximum atomic E-state index is 14.6. The zero-order chi connectivity index (χ0) is 53.2. The quantitative estimate of drug-likeness (QED) is 0.0900. The summed E-state index contributed by atoms with van der Waals surface area (Å²) in [5.41, 5.74) is 5.33. The average Bonchev–Trinajstić information content (AvgIpc) is 3.76. The maximum absolute atomic E-state index is 14.6. The monoisotopic (exact) mass is 1070 g/mol. The van der Waals surface area contributed by atoms with E-state index in [2.05, 4.69) is 67.8 Å². The van der Waals surface area contributed by atoms with Gasteiger partial charge in [-0.25, -0.2) is 29.1 Å². The Morgan fingerprint density at radius 1 is 0.880 bits per heavy atom. The van der Waals surface area contributed by atoms with Crippen LogP contribution in [0.2, 0.25) is 23.2 Å². The first kappa shape index (κ1) is 53.8. The molecule has 3 aliphatic rings. The zero-order valence-electron chi connectivity index (χ0n) is 44.5. The second-order valence-electron chi connectivity index (χ2n) is 21.9. The first-order chi connectivity index (χ1) is 35.7. The van der Waals surface area contributed by atoms with Crippen LogP contribution < -0.4 is 18.9 Å². The summed E-state index contributed by atoms with van der Waals surface area (Å²) in [4.78, 5) is 39.6. The molecule has 1 saturated heterocycles. The Kier molecular flexibility index (Phi) is 16.0. The molecule has 17 heteroatoms. The normalized spacial score (nSPS) is 17.0. The van der Waals surface area contributed by atoms with Crippen molar-refractivity contribution in [3.8, 4) is 56.1 Å². The highest BCUT2D eigenvalue weighted by molar-refractivity contribution is 7.22. The van der Waals surface area contributed by atoms with E-state index in [1.807, 2.05) is 76.2 Å². The minimum atomic E-state index is -1.92. The number of nitrogens with zero attached hydrogens (tertiary/aromatic N) is 6. The van der Waals surface area contributed by atoms with Gasteiger partial charge in [0.2, 0.25) is 12.0 Å². The number of thiophene rings is 1. The minimum absolute atomic E-state index is 0.00186. The largest absolute Gasteiger partial charge is 0.490 e. The number of hydrogen-bond acceptors (Lipinski definition) is 14. The second kappa shape index (κ2) is 22.3. The van der Waals surface area contributed by atoms with Crippen molar-refractivity contribution in [3.63, 3.8) is 0 Å². The molecular weight excluding hydrogens is 1010 g/mol. The van der Waals surface area contributed by atoms with Gasteiger partial charge < -0.3 is 33.0 Å². The van der Waals surface area contributed by atoms with Crippen LogP contribution in [0, 0.1) is 12.7 Å². The van der Waals surface area contributed by atoms with Crippen LogP contribution in [0.25, 0.3) is 43.2 Å². The molecule has 1 fully saturated rings. The van der Waals surface area contributed by atoms with E-state index in [1.165, 1.54) is 29.8 Å². The van der Waals surface area contributed by atoms with E-state index in [-0.39, 0.29) is 36.4 Å². The number of esters is 1. The SMILES string of the molecule is Cc1c2ccc(c1Cl)O[C@H](CN1CCN(C)CC1)COc1ccc(OCc3ccnc(-c4ccc(CO[Si](C)(C)C(C)(C)C)cc4)n3)c(c1)C[C@H](C(=O)OC(C)(C)C)Oc1ncnc3sc(-c4ccc(F)cc4)c-2c13. The number of carbonyl (C=O) groups is 1. The number of fused-ring (bicyclic) bond motifs is 7. The van der Waals surface area contributed by atoms with Crippen LogP contribution in [0.15, 0.2) is 97.5 Å². The van der Waals surface area contributed by atoms with Crippen LogP contribution in [-0.4, -0.2) is 108 Å². The number of carbonyl (C=O) groups excluding carboxylic acids is 1. The van der Waals surface area contributed by atoms with Crippen molar-refractivity contribution >= 4 is 47.4 Å². The van der Waals surface area contributed by atoms with Crippen LogP contribution in [0.1, 0.15) is 63.9 Å². The number of likely N-dealkylation sites (N-methyl/N-ethyl adjacent to an activating group) is 1. The van der Waals surface area contributed by atoms with Crippen molar-refractivity contribution in [3.05, 3.63) is 131 Å². The van der Waals surface area contributed by atoms with E-state index >= 15 is 0 Å². The fourth-order valence-electron chi connectivity index (χ4n) is 8.71. The third-order valence-corrected chi connectivity index (χ3v) is 20.1. The molecule has 0 spiro atoms. The lowest BCUT2D eigenvalue weighted by Crippen LogP contribution is -2.49. The molecule has 0 N–H and O–H groups in total. The molecular formula is C58H66ClFN6O7SSi. The number of ether oxygens (including phenoxy) is 5. The number of benzene rings is 4. The Morgan fingerprint density at radius 3 is 2.33 bits per heavy atom. The number of hydrogen-bond donors (Lipinski definition) is 0. The van der Waals surface area contributed by atoms with Gasteiger partial charge >= 0.3 is 5.97 Å². The third kappa shape index (κ3) is 12.8. The topological polar surface area (TPSA) is 130 Å². The second-order valence-corrected chi connectivity index (χ2v) is 28.1. The molecule has 0 aliphatic carbocycles. The van der Waals surface area contributed by atoms with Gasteiger partial charge in [0.15, 0.2) is 14.1 Å². The summed E-state index contributed by atoms with van der Waals surface area (Å²) < 4.78 is 54.0. The van der Waals surface area contributed by atoms with Crippen LogP contribution in [0.3, 0.4) is 0 Å². The van der Waals surface area contributed by atoms with Gasteiger partial charge in [0.05, 0.1) is 22.7 Å². The highest BCUT2D eigenvalue weighted by atomic mass is 35.5. The van der Waals surface area contributed by atoms with Crippen molar-refractivity contribution in [2.24, 2.45) is 0 Å². The van der Waals surface area contributed by atoms with E-state index in [0.717, 1.165) is 64.4 Å². The van der Waals surface area contributed by atoms with Gasteiger partial charge in [-0.1, -0.05) is 74.8 Å². The van der Waals surface area contributed by atoms with Crippen LogP contribution in [0.5, 0.6) is 23.1 Å². The van der Waals surface area contributed by atoms with E-state index in [0.29, 0.717) is 62.7 Å². The van der Waals surface area contributed by atoms with Gasteiger partial charge in [-0.05, 0) is 118 Å². The molecule has 75 heavy (non-hydrogen) atoms. The minimum Gasteiger partial charge on any atom is -0.490 e. The molecule has 0 amide bonds. The van der Waals surface area contributed by atoms with Gasteiger partial charge in [-0.2, -0.15) is 0 Å². The molecule has 0 radical (unpaired) electrons. The molecule has 2 atom stereocenters. The number of halogens is 2. The fourth-order valence-corrected chi connectivity index (χ4v) is 11.0. The zero-order valence-corrected chi connectivity index (χ0v) is 47.0. The molecule has 13 nitrogen and oxygen atoms in total. The fraction of sp³-hybridized carbons (Fsp3) is 0.397. The Balaban J connectivity index is 1.10. The average molecular weight is 1070 g/mol. The highest BCUT2D eigenvalue weighted by Crippen LogP contribution is 2.50. The molecule has 4 aromatic carbocycles. The number of rotatable bonds is 11. The lowest BCUT2D eigenvalue weighted by atomic mass is 9.96. The predicted octanol–water partition coefficient (Wildman–Crippen LogP) is 12.4. The van der Waals surface area contributed by atoms with Gasteiger partial charge in [-0.3, -0.25) is 4.90 Å². The summed E-state index contributed by atoms with van der Waals surface area (Å²) in [6, 6.07) is 25.7. The van der Waals surface area contributed by atoms with Crippen molar-refractivity contribution in [1.29, 1.82) is 0 Å². The Hall–Kier alpha value is -6.01. The van der Waals surface area contributed by atoms with Crippen LogP contribution in [0.4, 0.5) is 4.39 Å². The standard InChI is InChI=1S/C58H66ClFN6O7SSi/c1-36-45-20-22-47(51(36)59)71-44(31-66-27-25-65(8)26-28-66)34-68-43-19-21-46(69-33-42-23-24-61-53(64-42)39-13-11-37(12-14-39)32-70-75(9,10)58(5,6)7)40(29-43)30-48(56(67)73-57(2,3)4)72-54-50-49(45)52(74-55(50)63-35-62-54)38-15-17-41(60)18-16-38/h11-24,29,35,44,48H,25-28,30-34H2,1-10H3/t44-,48-/m1/s1. The van der Waals surface area contributed by atoms with E-state index in [9.17, 15) is 9.18 Å². The maximum Gasteiger partial charge on any atom is 0.348 e. The van der Waals surface area contributed by atoms with Crippen molar-refractivity contribution in [2.75, 3.05) is 46.4 Å². The Morgan fingerprint density at radius 2 is 1.61 bits per heavy atom. The lowest BCUT2D eigenvalue weighted by Gasteiger charge is -2.36. The van der Waals surface area contributed by atoms with E-state index < -0.39 is 32.1 Å². The Labute approximate surface area is 449 Å². The van der Waals surface area contributed by atoms with Crippen molar-refractivity contribution in [2.45, 2.75) is 104 Å². The molecule has 394 valence electrons. The first-order valence-corrected chi connectivity index (χ1v) is 29.5. The number of aromatic nitrogens is 4. The van der Waals surface area contributed by atoms with Crippen molar-refractivity contribution < 1.29 is 37.3 Å². The highest BCUT2D eigenvalue weighted by Gasteiger charge is 2.37. The number of piperazine rings is 1. The summed E-state index contributed by atoms with van der Waals surface area (Å²) in [6.07, 6.45) is 1.47. The van der Waals surface area contributed by atoms with Crippen molar-refractivity contribution in [1.82, 2.24) is 29.7 Å². The van der Waals surface area contributed by atoms with Gasteiger partial charge in [0.25, 0.3) is 0 Å². The Bertz CT molecular complexity index is 3160. The van der Waals surface area contributed by atoms with E-state index in [4.69, 9.17) is 54.7 Å². The molecule has 0 unspecified atom stereocenters. The molecule has 0 saturated carbocycles.